The average Bonchev–Trinajstić information content (AvgIpc) is 2.81. The van der Waals surface area contributed by atoms with Gasteiger partial charge in [-0.05, 0) is 32.0 Å². The molecule has 2 N–H and O–H groups in total. The van der Waals surface area contributed by atoms with Crippen LogP contribution >= 0.6 is 0 Å². The molecule has 0 fully saturated rings. The molecule has 0 radical (unpaired) electrons. The zero-order valence-corrected chi connectivity index (χ0v) is 12.0. The van der Waals surface area contributed by atoms with Crippen LogP contribution in [-0.4, -0.2) is 19.7 Å². The first kappa shape index (κ1) is 14.4. The Bertz CT molecular complexity index is 827. The van der Waals surface area contributed by atoms with Crippen molar-refractivity contribution in [2.45, 2.75) is 20.1 Å². The molecule has 2 heterocycles. The van der Waals surface area contributed by atoms with Crippen molar-refractivity contribution in [3.05, 3.63) is 59.0 Å². The van der Waals surface area contributed by atoms with E-state index in [1.165, 1.54) is 6.20 Å². The summed E-state index contributed by atoms with van der Waals surface area (Å²) in [6, 6.07) is 4.83. The largest absolute Gasteiger partial charge is 0.369 e. The number of hydrogen-bond donors (Lipinski definition) is 2. The van der Waals surface area contributed by atoms with Crippen molar-refractivity contribution in [1.82, 2.24) is 14.6 Å². The van der Waals surface area contributed by atoms with Gasteiger partial charge in [-0.3, -0.25) is 0 Å². The minimum Gasteiger partial charge on any atom is -0.369 e. The third-order valence-corrected chi connectivity index (χ3v) is 3.27. The number of fused-ring (bicyclic) bond motifs is 1. The number of nitrogens with one attached hydrogen (secondary N) is 1. The topological polar surface area (TPSA) is 62.5 Å². The lowest BCUT2D eigenvalue weighted by Gasteiger charge is -2.13. The number of benzene rings is 1. The van der Waals surface area contributed by atoms with Crippen LogP contribution in [0.25, 0.3) is 5.65 Å². The first-order chi connectivity index (χ1) is 10.4. The van der Waals surface area contributed by atoms with Gasteiger partial charge in [0.15, 0.2) is 11.9 Å². The Morgan fingerprint density at radius 1 is 1.14 bits per heavy atom. The standard InChI is InChI=1S/C15H14F2N4O/c1-8-3-9(2)21-14(19-8)13(7-18-21)15(22)20-12-5-10(16)4-11(17)6-12/h3-7,15,20,22H,1-2H3. The fourth-order valence-corrected chi connectivity index (χ4v) is 2.35. The fourth-order valence-electron chi connectivity index (χ4n) is 2.35. The first-order valence-corrected chi connectivity index (χ1v) is 6.66. The fraction of sp³-hybridized carbons (Fsp3) is 0.200. The van der Waals surface area contributed by atoms with Crippen molar-refractivity contribution in [3.63, 3.8) is 0 Å². The molecule has 0 saturated heterocycles. The predicted molar refractivity (Wildman–Crippen MR) is 77.4 cm³/mol. The van der Waals surface area contributed by atoms with E-state index in [4.69, 9.17) is 0 Å². The summed E-state index contributed by atoms with van der Waals surface area (Å²) < 4.78 is 28.0. The van der Waals surface area contributed by atoms with E-state index in [0.29, 0.717) is 11.2 Å². The third kappa shape index (κ3) is 2.62. The lowest BCUT2D eigenvalue weighted by molar-refractivity contribution is 0.209. The van der Waals surface area contributed by atoms with E-state index in [-0.39, 0.29) is 5.69 Å². The van der Waals surface area contributed by atoms with Gasteiger partial charge in [0.25, 0.3) is 0 Å². The van der Waals surface area contributed by atoms with Gasteiger partial charge in [-0.1, -0.05) is 0 Å². The molecule has 1 unspecified atom stereocenters. The van der Waals surface area contributed by atoms with E-state index in [2.05, 4.69) is 15.4 Å². The maximum Gasteiger partial charge on any atom is 0.163 e. The van der Waals surface area contributed by atoms with Crippen LogP contribution in [0.1, 0.15) is 23.2 Å². The molecule has 2 aromatic heterocycles. The second kappa shape index (κ2) is 5.34. The number of halogens is 2. The molecule has 1 aromatic carbocycles. The van der Waals surface area contributed by atoms with Crippen LogP contribution < -0.4 is 5.32 Å². The normalized spacial score (nSPS) is 12.6. The second-order valence-corrected chi connectivity index (χ2v) is 5.08. The molecule has 0 aliphatic rings. The van der Waals surface area contributed by atoms with Gasteiger partial charge in [0.1, 0.15) is 11.6 Å². The van der Waals surface area contributed by atoms with Gasteiger partial charge in [0, 0.05) is 23.1 Å². The van der Waals surface area contributed by atoms with Crippen LogP contribution in [0.3, 0.4) is 0 Å². The molecular weight excluding hydrogens is 290 g/mol. The summed E-state index contributed by atoms with van der Waals surface area (Å²) in [5.74, 6) is -1.45. The highest BCUT2D eigenvalue weighted by Gasteiger charge is 2.16. The van der Waals surface area contributed by atoms with E-state index in [1.54, 1.807) is 4.52 Å². The molecule has 0 saturated carbocycles. The Balaban J connectivity index is 1.97. The van der Waals surface area contributed by atoms with E-state index >= 15 is 0 Å². The second-order valence-electron chi connectivity index (χ2n) is 5.08. The minimum atomic E-state index is -1.19. The molecule has 7 heteroatoms. The molecule has 0 aliphatic carbocycles. The summed E-state index contributed by atoms with van der Waals surface area (Å²) >= 11 is 0. The van der Waals surface area contributed by atoms with Gasteiger partial charge in [0.05, 0.1) is 11.8 Å². The van der Waals surface area contributed by atoms with E-state index in [1.807, 2.05) is 19.9 Å². The van der Waals surface area contributed by atoms with Crippen molar-refractivity contribution in [2.75, 3.05) is 5.32 Å². The van der Waals surface area contributed by atoms with Gasteiger partial charge >= 0.3 is 0 Å². The zero-order valence-electron chi connectivity index (χ0n) is 12.0. The number of nitrogens with zero attached hydrogens (tertiary/aromatic N) is 3. The molecule has 1 atom stereocenters. The van der Waals surface area contributed by atoms with Crippen LogP contribution in [0.2, 0.25) is 0 Å². The Morgan fingerprint density at radius 2 is 1.82 bits per heavy atom. The number of aromatic nitrogens is 3. The first-order valence-electron chi connectivity index (χ1n) is 6.66. The highest BCUT2D eigenvalue weighted by atomic mass is 19.1. The summed E-state index contributed by atoms with van der Waals surface area (Å²) in [6.07, 6.45) is 0.287. The van der Waals surface area contributed by atoms with Crippen LogP contribution in [0.4, 0.5) is 14.5 Å². The number of aryl methyl sites for hydroxylation is 2. The number of hydrogen-bond acceptors (Lipinski definition) is 4. The molecular formula is C15H14F2N4O. The van der Waals surface area contributed by atoms with Crippen LogP contribution in [0.15, 0.2) is 30.5 Å². The summed E-state index contributed by atoms with van der Waals surface area (Å²) in [5.41, 5.74) is 2.72. The lowest BCUT2D eigenvalue weighted by atomic mass is 10.2. The molecule has 3 aromatic rings. The van der Waals surface area contributed by atoms with Crippen molar-refractivity contribution >= 4 is 11.3 Å². The van der Waals surface area contributed by atoms with Crippen molar-refractivity contribution in [2.24, 2.45) is 0 Å². The van der Waals surface area contributed by atoms with Gasteiger partial charge in [-0.2, -0.15) is 5.10 Å². The van der Waals surface area contributed by atoms with Gasteiger partial charge in [0.2, 0.25) is 0 Å². The molecule has 0 bridgehead atoms. The van der Waals surface area contributed by atoms with Crippen LogP contribution in [0.5, 0.6) is 0 Å². The van der Waals surface area contributed by atoms with Crippen LogP contribution in [0, 0.1) is 25.5 Å². The number of aliphatic hydroxyl groups excluding tert-OH is 1. The van der Waals surface area contributed by atoms with E-state index < -0.39 is 17.9 Å². The molecule has 0 spiro atoms. The SMILES string of the molecule is Cc1cc(C)n2ncc(C(O)Nc3cc(F)cc(F)c3)c2n1. The summed E-state index contributed by atoms with van der Waals surface area (Å²) in [6.45, 7) is 3.71. The number of aliphatic hydroxyl groups is 1. The van der Waals surface area contributed by atoms with Gasteiger partial charge in [-0.15, -0.1) is 0 Å². The molecule has 3 rings (SSSR count). The summed E-state index contributed by atoms with van der Waals surface area (Å²) in [7, 11) is 0. The Hall–Kier alpha value is -2.54. The molecule has 114 valence electrons. The van der Waals surface area contributed by atoms with E-state index in [9.17, 15) is 13.9 Å². The zero-order chi connectivity index (χ0) is 15.9. The minimum absolute atomic E-state index is 0.133. The highest BCUT2D eigenvalue weighted by molar-refractivity contribution is 5.53. The average molecular weight is 304 g/mol. The van der Waals surface area contributed by atoms with Crippen molar-refractivity contribution in [3.8, 4) is 0 Å². The molecule has 22 heavy (non-hydrogen) atoms. The van der Waals surface area contributed by atoms with Crippen molar-refractivity contribution < 1.29 is 13.9 Å². The highest BCUT2D eigenvalue weighted by Crippen LogP contribution is 2.22. The van der Waals surface area contributed by atoms with Crippen molar-refractivity contribution in [1.29, 1.82) is 0 Å². The Labute approximate surface area is 125 Å². The molecule has 0 amide bonds. The smallest absolute Gasteiger partial charge is 0.163 e. The Morgan fingerprint density at radius 3 is 2.50 bits per heavy atom. The third-order valence-electron chi connectivity index (χ3n) is 3.27. The maximum absolute atomic E-state index is 13.2. The summed E-state index contributed by atoms with van der Waals surface area (Å²) in [5, 5.41) is 17.1. The van der Waals surface area contributed by atoms with Crippen LogP contribution in [-0.2, 0) is 0 Å². The quantitative estimate of drug-likeness (QED) is 0.730. The number of anilines is 1. The maximum atomic E-state index is 13.2. The van der Waals surface area contributed by atoms with E-state index in [0.717, 1.165) is 29.6 Å². The number of rotatable bonds is 3. The lowest BCUT2D eigenvalue weighted by Crippen LogP contribution is -2.10. The van der Waals surface area contributed by atoms with Gasteiger partial charge in [-0.25, -0.2) is 18.3 Å². The monoisotopic (exact) mass is 304 g/mol. The van der Waals surface area contributed by atoms with Gasteiger partial charge < -0.3 is 10.4 Å². The predicted octanol–water partition coefficient (Wildman–Crippen LogP) is 2.73. The molecule has 5 nitrogen and oxygen atoms in total. The summed E-state index contributed by atoms with van der Waals surface area (Å²) in [4.78, 5) is 4.35. The molecule has 0 aliphatic heterocycles. The Kier molecular flexibility index (Phi) is 3.50.